The quantitative estimate of drug-likeness (QED) is 0.441. The van der Waals surface area contributed by atoms with E-state index < -0.39 is 0 Å². The standard InChI is InChI=1S/C23H28N8/c1-4-5-10-22-25-21(13-16(2)3)28-31(22)15-17-11-12-20(24-14-17)18-8-6-7-9-19(18)23-26-29-30-27-23/h6-9,11-12,14,16H,4-5,10,13,15H2,1-3H3,(H,26,27,29,30). The molecule has 0 aliphatic carbocycles. The monoisotopic (exact) mass is 416 g/mol. The van der Waals surface area contributed by atoms with Crippen molar-refractivity contribution in [1.29, 1.82) is 0 Å². The summed E-state index contributed by atoms with van der Waals surface area (Å²) in [6, 6.07) is 12.1. The molecule has 1 N–H and O–H groups in total. The molecule has 4 rings (SSSR count). The molecular weight excluding hydrogens is 388 g/mol. The molecule has 3 heterocycles. The van der Waals surface area contributed by atoms with Crippen LogP contribution >= 0.6 is 0 Å². The van der Waals surface area contributed by atoms with Gasteiger partial charge in [0, 0.05) is 30.2 Å². The van der Waals surface area contributed by atoms with Crippen molar-refractivity contribution >= 4 is 0 Å². The van der Waals surface area contributed by atoms with Crippen LogP contribution in [0.25, 0.3) is 22.6 Å². The van der Waals surface area contributed by atoms with Crippen molar-refractivity contribution in [1.82, 2.24) is 40.4 Å². The number of aromatic amines is 1. The van der Waals surface area contributed by atoms with Crippen molar-refractivity contribution < 1.29 is 0 Å². The Kier molecular flexibility index (Phi) is 6.45. The van der Waals surface area contributed by atoms with Gasteiger partial charge in [0.25, 0.3) is 0 Å². The first-order valence-electron chi connectivity index (χ1n) is 10.8. The molecule has 4 aromatic rings. The van der Waals surface area contributed by atoms with Gasteiger partial charge in [-0.3, -0.25) is 4.98 Å². The number of pyridine rings is 1. The van der Waals surface area contributed by atoms with Gasteiger partial charge in [0.15, 0.2) is 5.82 Å². The largest absolute Gasteiger partial charge is 0.256 e. The van der Waals surface area contributed by atoms with E-state index in [9.17, 15) is 0 Å². The summed E-state index contributed by atoms with van der Waals surface area (Å²) in [6.07, 6.45) is 6.02. The molecule has 0 bridgehead atoms. The lowest BCUT2D eigenvalue weighted by atomic mass is 10.0. The van der Waals surface area contributed by atoms with E-state index in [-0.39, 0.29) is 0 Å². The third-order valence-corrected chi connectivity index (χ3v) is 5.08. The molecule has 0 amide bonds. The maximum Gasteiger partial charge on any atom is 0.205 e. The number of H-pyrrole nitrogens is 1. The van der Waals surface area contributed by atoms with Crippen LogP contribution in [-0.2, 0) is 19.4 Å². The predicted molar refractivity (Wildman–Crippen MR) is 119 cm³/mol. The summed E-state index contributed by atoms with van der Waals surface area (Å²) >= 11 is 0. The maximum atomic E-state index is 4.80. The number of rotatable bonds is 9. The first-order chi connectivity index (χ1) is 15.1. The van der Waals surface area contributed by atoms with Crippen molar-refractivity contribution in [2.24, 2.45) is 5.92 Å². The summed E-state index contributed by atoms with van der Waals surface area (Å²) in [5, 5.41) is 19.2. The van der Waals surface area contributed by atoms with Crippen molar-refractivity contribution in [3.8, 4) is 22.6 Å². The Labute approximate surface area is 182 Å². The Morgan fingerprint density at radius 2 is 1.90 bits per heavy atom. The van der Waals surface area contributed by atoms with E-state index in [2.05, 4.69) is 47.5 Å². The van der Waals surface area contributed by atoms with Crippen LogP contribution in [0.4, 0.5) is 0 Å². The summed E-state index contributed by atoms with van der Waals surface area (Å²) < 4.78 is 2.04. The molecule has 1 aromatic carbocycles. The SMILES string of the molecule is CCCCc1nc(CC(C)C)nn1Cc1ccc(-c2ccccc2-c2nn[nH]n2)nc1. The van der Waals surface area contributed by atoms with Gasteiger partial charge in [-0.25, -0.2) is 9.67 Å². The Balaban J connectivity index is 1.57. The number of unbranched alkanes of at least 4 members (excludes halogenated alkanes) is 1. The smallest absolute Gasteiger partial charge is 0.205 e. The highest BCUT2D eigenvalue weighted by Crippen LogP contribution is 2.28. The molecule has 0 saturated heterocycles. The first kappa shape index (κ1) is 20.8. The van der Waals surface area contributed by atoms with E-state index in [4.69, 9.17) is 15.1 Å². The average Bonchev–Trinajstić information content (AvgIpc) is 3.43. The van der Waals surface area contributed by atoms with E-state index in [1.54, 1.807) is 0 Å². The van der Waals surface area contributed by atoms with E-state index in [0.717, 1.165) is 59.7 Å². The molecule has 0 aliphatic heterocycles. The summed E-state index contributed by atoms with van der Waals surface area (Å²) in [6.45, 7) is 7.26. The highest BCUT2D eigenvalue weighted by atomic mass is 15.5. The van der Waals surface area contributed by atoms with E-state index in [1.165, 1.54) is 0 Å². The van der Waals surface area contributed by atoms with Gasteiger partial charge >= 0.3 is 0 Å². The fraction of sp³-hybridized carbons (Fsp3) is 0.391. The van der Waals surface area contributed by atoms with Gasteiger partial charge in [0.05, 0.1) is 12.2 Å². The Morgan fingerprint density at radius 1 is 1.06 bits per heavy atom. The number of tetrazole rings is 1. The molecule has 0 unspecified atom stereocenters. The molecule has 0 aliphatic rings. The van der Waals surface area contributed by atoms with Crippen molar-refractivity contribution in [3.05, 3.63) is 59.8 Å². The van der Waals surface area contributed by atoms with Crippen LogP contribution in [0.1, 0.15) is 50.8 Å². The van der Waals surface area contributed by atoms with Crippen LogP contribution in [0.15, 0.2) is 42.6 Å². The van der Waals surface area contributed by atoms with Gasteiger partial charge < -0.3 is 0 Å². The van der Waals surface area contributed by atoms with E-state index >= 15 is 0 Å². The highest BCUT2D eigenvalue weighted by molar-refractivity contribution is 5.78. The van der Waals surface area contributed by atoms with Crippen molar-refractivity contribution in [3.63, 3.8) is 0 Å². The zero-order valence-electron chi connectivity index (χ0n) is 18.3. The number of nitrogens with zero attached hydrogens (tertiary/aromatic N) is 7. The van der Waals surface area contributed by atoms with E-state index in [0.29, 0.717) is 18.3 Å². The van der Waals surface area contributed by atoms with Crippen LogP contribution < -0.4 is 0 Å². The molecule has 8 nitrogen and oxygen atoms in total. The third-order valence-electron chi connectivity index (χ3n) is 5.08. The minimum absolute atomic E-state index is 0.537. The molecule has 0 radical (unpaired) electrons. The summed E-state index contributed by atoms with van der Waals surface area (Å²) in [5.41, 5.74) is 3.83. The number of nitrogens with one attached hydrogen (secondary N) is 1. The fourth-order valence-electron chi connectivity index (χ4n) is 3.55. The number of hydrogen-bond donors (Lipinski definition) is 1. The first-order valence-corrected chi connectivity index (χ1v) is 10.8. The summed E-state index contributed by atoms with van der Waals surface area (Å²) in [4.78, 5) is 9.51. The van der Waals surface area contributed by atoms with Crippen molar-refractivity contribution in [2.45, 2.75) is 53.0 Å². The second kappa shape index (κ2) is 9.59. The van der Waals surface area contributed by atoms with Crippen LogP contribution in [0.5, 0.6) is 0 Å². The fourth-order valence-corrected chi connectivity index (χ4v) is 3.55. The van der Waals surface area contributed by atoms with Gasteiger partial charge in [-0.2, -0.15) is 10.3 Å². The third kappa shape index (κ3) is 5.02. The number of aryl methyl sites for hydroxylation is 1. The van der Waals surface area contributed by atoms with Gasteiger partial charge in [-0.1, -0.05) is 57.5 Å². The number of hydrogen-bond acceptors (Lipinski definition) is 6. The van der Waals surface area contributed by atoms with Gasteiger partial charge in [-0.05, 0) is 29.2 Å². The molecule has 0 spiro atoms. The second-order valence-corrected chi connectivity index (χ2v) is 8.14. The average molecular weight is 417 g/mol. The lowest BCUT2D eigenvalue weighted by molar-refractivity contribution is 0.592. The maximum absolute atomic E-state index is 4.80. The topological polar surface area (TPSA) is 98.1 Å². The van der Waals surface area contributed by atoms with E-state index in [1.807, 2.05) is 41.2 Å². The minimum Gasteiger partial charge on any atom is -0.256 e. The zero-order valence-corrected chi connectivity index (χ0v) is 18.3. The second-order valence-electron chi connectivity index (χ2n) is 8.14. The number of aromatic nitrogens is 8. The number of benzene rings is 1. The zero-order chi connectivity index (χ0) is 21.6. The molecular formula is C23H28N8. The molecule has 0 fully saturated rings. The minimum atomic E-state index is 0.537. The molecule has 160 valence electrons. The predicted octanol–water partition coefficient (Wildman–Crippen LogP) is 4.11. The van der Waals surface area contributed by atoms with Crippen LogP contribution in [0.3, 0.4) is 0 Å². The molecule has 31 heavy (non-hydrogen) atoms. The molecule has 0 atom stereocenters. The molecule has 8 heteroatoms. The van der Waals surface area contributed by atoms with Crippen LogP contribution in [0.2, 0.25) is 0 Å². The Bertz CT molecular complexity index is 1100. The lowest BCUT2D eigenvalue weighted by Gasteiger charge is -2.08. The van der Waals surface area contributed by atoms with Crippen LogP contribution in [0, 0.1) is 5.92 Å². The summed E-state index contributed by atoms with van der Waals surface area (Å²) in [5.74, 6) is 3.08. The van der Waals surface area contributed by atoms with Crippen LogP contribution in [-0.4, -0.2) is 40.4 Å². The molecule has 3 aromatic heterocycles. The van der Waals surface area contributed by atoms with Gasteiger partial charge in [0.2, 0.25) is 5.82 Å². The Morgan fingerprint density at radius 3 is 2.58 bits per heavy atom. The molecule has 0 saturated carbocycles. The highest BCUT2D eigenvalue weighted by Gasteiger charge is 2.14. The Hall–Kier alpha value is -3.42. The summed E-state index contributed by atoms with van der Waals surface area (Å²) in [7, 11) is 0. The van der Waals surface area contributed by atoms with Gasteiger partial charge in [0.1, 0.15) is 5.82 Å². The normalized spacial score (nSPS) is 11.4. The lowest BCUT2D eigenvalue weighted by Crippen LogP contribution is -2.08. The van der Waals surface area contributed by atoms with Gasteiger partial charge in [-0.15, -0.1) is 10.2 Å². The van der Waals surface area contributed by atoms with Crippen molar-refractivity contribution in [2.75, 3.05) is 0 Å².